The van der Waals surface area contributed by atoms with Crippen molar-refractivity contribution in [2.45, 2.75) is 22.7 Å². The minimum absolute atomic E-state index is 0.183. The molecule has 2 aromatic heterocycles. The standard InChI is InChI=1S/C10H10N4O2S2/c1-3-7-13-10(18-14-7)17-8-5-11-4-6(12-8)9(15)16-2/h4-5H,3H2,1-2H3. The van der Waals surface area contributed by atoms with Gasteiger partial charge in [0.2, 0.25) is 0 Å². The first-order chi connectivity index (χ1) is 8.72. The predicted octanol–water partition coefficient (Wildman–Crippen LogP) is 1.83. The van der Waals surface area contributed by atoms with Crippen LogP contribution in [0.3, 0.4) is 0 Å². The van der Waals surface area contributed by atoms with Crippen molar-refractivity contribution in [1.82, 2.24) is 19.3 Å². The number of esters is 1. The van der Waals surface area contributed by atoms with Crippen LogP contribution in [0.4, 0.5) is 0 Å². The molecule has 2 heterocycles. The maximum absolute atomic E-state index is 11.3. The van der Waals surface area contributed by atoms with Crippen LogP contribution in [0.1, 0.15) is 23.2 Å². The van der Waals surface area contributed by atoms with Crippen LogP contribution in [0.25, 0.3) is 0 Å². The molecule has 0 aromatic carbocycles. The Labute approximate surface area is 112 Å². The molecule has 0 aliphatic carbocycles. The summed E-state index contributed by atoms with van der Waals surface area (Å²) in [4.78, 5) is 23.7. The highest BCUT2D eigenvalue weighted by atomic mass is 32.2. The van der Waals surface area contributed by atoms with Gasteiger partial charge in [-0.15, -0.1) is 0 Å². The third-order valence-electron chi connectivity index (χ3n) is 1.96. The molecule has 2 aromatic rings. The number of methoxy groups -OCH3 is 1. The number of ether oxygens (including phenoxy) is 1. The second kappa shape index (κ2) is 5.87. The predicted molar refractivity (Wildman–Crippen MR) is 66.8 cm³/mol. The number of hydrogen-bond acceptors (Lipinski definition) is 8. The number of carbonyl (C=O) groups excluding carboxylic acids is 1. The van der Waals surface area contributed by atoms with E-state index in [1.54, 1.807) is 6.20 Å². The first-order valence-electron chi connectivity index (χ1n) is 5.13. The van der Waals surface area contributed by atoms with Crippen LogP contribution in [0.2, 0.25) is 0 Å². The van der Waals surface area contributed by atoms with Crippen LogP contribution in [0, 0.1) is 0 Å². The van der Waals surface area contributed by atoms with Crippen LogP contribution in [-0.4, -0.2) is 32.4 Å². The summed E-state index contributed by atoms with van der Waals surface area (Å²) in [6, 6.07) is 0. The summed E-state index contributed by atoms with van der Waals surface area (Å²) in [6.45, 7) is 1.99. The third kappa shape index (κ3) is 3.02. The van der Waals surface area contributed by atoms with E-state index in [1.807, 2.05) is 6.92 Å². The SMILES string of the molecule is CCc1nsc(Sc2cncc(C(=O)OC)n2)n1. The molecule has 0 spiro atoms. The lowest BCUT2D eigenvalue weighted by atomic mass is 10.5. The fourth-order valence-electron chi connectivity index (χ4n) is 1.11. The molecule has 0 amide bonds. The van der Waals surface area contributed by atoms with Crippen molar-refractivity contribution in [3.63, 3.8) is 0 Å². The van der Waals surface area contributed by atoms with Crippen LogP contribution in [-0.2, 0) is 11.2 Å². The van der Waals surface area contributed by atoms with Crippen LogP contribution in [0.5, 0.6) is 0 Å². The fourth-order valence-corrected chi connectivity index (χ4v) is 2.72. The lowest BCUT2D eigenvalue weighted by molar-refractivity contribution is 0.0592. The summed E-state index contributed by atoms with van der Waals surface area (Å²) in [5.74, 6) is 0.302. The van der Waals surface area contributed by atoms with Gasteiger partial charge in [0.1, 0.15) is 10.9 Å². The van der Waals surface area contributed by atoms with Gasteiger partial charge in [-0.05, 0) is 23.3 Å². The number of aromatic nitrogens is 4. The first-order valence-corrected chi connectivity index (χ1v) is 6.72. The van der Waals surface area contributed by atoms with Crippen molar-refractivity contribution in [3.05, 3.63) is 23.9 Å². The zero-order valence-corrected chi connectivity index (χ0v) is 11.4. The van der Waals surface area contributed by atoms with Gasteiger partial charge in [0, 0.05) is 6.42 Å². The van der Waals surface area contributed by atoms with E-state index in [2.05, 4.69) is 24.1 Å². The molecule has 0 saturated heterocycles. The number of aryl methyl sites for hydroxylation is 1. The van der Waals surface area contributed by atoms with Gasteiger partial charge >= 0.3 is 5.97 Å². The highest BCUT2D eigenvalue weighted by Crippen LogP contribution is 2.27. The van der Waals surface area contributed by atoms with E-state index in [1.165, 1.54) is 36.6 Å². The normalized spacial score (nSPS) is 10.3. The first kappa shape index (κ1) is 12.9. The minimum Gasteiger partial charge on any atom is -0.464 e. The van der Waals surface area contributed by atoms with Crippen LogP contribution < -0.4 is 0 Å². The van der Waals surface area contributed by atoms with Crippen LogP contribution >= 0.6 is 23.3 Å². The molecule has 0 aliphatic heterocycles. The van der Waals surface area contributed by atoms with Gasteiger partial charge in [-0.3, -0.25) is 4.98 Å². The van der Waals surface area contributed by atoms with Gasteiger partial charge in [0.15, 0.2) is 10.0 Å². The van der Waals surface area contributed by atoms with E-state index in [0.717, 1.165) is 16.6 Å². The van der Waals surface area contributed by atoms with Gasteiger partial charge in [-0.2, -0.15) is 4.37 Å². The third-order valence-corrected chi connectivity index (χ3v) is 3.66. The Bertz CT molecular complexity index is 558. The Kier molecular flexibility index (Phi) is 4.21. The van der Waals surface area contributed by atoms with Crippen molar-refractivity contribution in [3.8, 4) is 0 Å². The Morgan fingerprint density at radius 2 is 2.28 bits per heavy atom. The lowest BCUT2D eigenvalue weighted by Gasteiger charge is -1.99. The summed E-state index contributed by atoms with van der Waals surface area (Å²) >= 11 is 2.64. The van der Waals surface area contributed by atoms with Gasteiger partial charge in [0.25, 0.3) is 0 Å². The lowest BCUT2D eigenvalue weighted by Crippen LogP contribution is -2.05. The van der Waals surface area contributed by atoms with Gasteiger partial charge in [0.05, 0.1) is 19.5 Å². The second-order valence-electron chi connectivity index (χ2n) is 3.17. The average molecular weight is 282 g/mol. The summed E-state index contributed by atoms with van der Waals surface area (Å²) in [6.07, 6.45) is 3.74. The monoisotopic (exact) mass is 282 g/mol. The zero-order chi connectivity index (χ0) is 13.0. The summed E-state index contributed by atoms with van der Waals surface area (Å²) in [5.41, 5.74) is 0.183. The van der Waals surface area contributed by atoms with E-state index in [0.29, 0.717) is 5.03 Å². The molecular formula is C10H10N4O2S2. The Morgan fingerprint density at radius 3 is 2.94 bits per heavy atom. The molecule has 2 rings (SSSR count). The van der Waals surface area contributed by atoms with Crippen molar-refractivity contribution >= 4 is 29.3 Å². The van der Waals surface area contributed by atoms with E-state index in [4.69, 9.17) is 0 Å². The van der Waals surface area contributed by atoms with Gasteiger partial charge in [-0.25, -0.2) is 14.8 Å². The Morgan fingerprint density at radius 1 is 1.44 bits per heavy atom. The number of rotatable bonds is 4. The van der Waals surface area contributed by atoms with Crippen molar-refractivity contribution in [2.24, 2.45) is 0 Å². The van der Waals surface area contributed by atoms with Crippen molar-refractivity contribution in [1.29, 1.82) is 0 Å². The zero-order valence-electron chi connectivity index (χ0n) is 9.78. The number of carbonyl (C=O) groups is 1. The molecule has 18 heavy (non-hydrogen) atoms. The molecular weight excluding hydrogens is 272 g/mol. The molecule has 94 valence electrons. The molecule has 0 aliphatic rings. The molecule has 0 N–H and O–H groups in total. The summed E-state index contributed by atoms with van der Waals surface area (Å²) in [7, 11) is 1.31. The van der Waals surface area contributed by atoms with Crippen LogP contribution in [0.15, 0.2) is 21.8 Å². The quantitative estimate of drug-likeness (QED) is 0.791. The molecule has 6 nitrogen and oxygen atoms in total. The molecule has 0 unspecified atom stereocenters. The average Bonchev–Trinajstić information content (AvgIpc) is 2.86. The molecule has 0 radical (unpaired) electrons. The fraction of sp³-hybridized carbons (Fsp3) is 0.300. The summed E-state index contributed by atoms with van der Waals surface area (Å²) < 4.78 is 9.54. The molecule has 0 fully saturated rings. The molecule has 8 heteroatoms. The topological polar surface area (TPSA) is 77.9 Å². The largest absolute Gasteiger partial charge is 0.464 e. The number of hydrogen-bond donors (Lipinski definition) is 0. The molecule has 0 bridgehead atoms. The smallest absolute Gasteiger partial charge is 0.358 e. The molecule has 0 atom stereocenters. The maximum Gasteiger partial charge on any atom is 0.358 e. The van der Waals surface area contributed by atoms with Gasteiger partial charge < -0.3 is 4.74 Å². The second-order valence-corrected chi connectivity index (χ2v) is 5.19. The minimum atomic E-state index is -0.503. The Hall–Kier alpha value is -1.54. The highest BCUT2D eigenvalue weighted by molar-refractivity contribution is 8.00. The van der Waals surface area contributed by atoms with Crippen molar-refractivity contribution < 1.29 is 9.53 Å². The van der Waals surface area contributed by atoms with E-state index < -0.39 is 5.97 Å². The molecule has 0 saturated carbocycles. The van der Waals surface area contributed by atoms with E-state index in [-0.39, 0.29) is 5.69 Å². The van der Waals surface area contributed by atoms with E-state index in [9.17, 15) is 4.79 Å². The Balaban J connectivity index is 2.16. The highest BCUT2D eigenvalue weighted by Gasteiger charge is 2.11. The van der Waals surface area contributed by atoms with E-state index >= 15 is 0 Å². The van der Waals surface area contributed by atoms with Gasteiger partial charge in [-0.1, -0.05) is 6.92 Å². The maximum atomic E-state index is 11.3. The summed E-state index contributed by atoms with van der Waals surface area (Å²) in [5, 5.41) is 0.594. The number of nitrogens with zero attached hydrogens (tertiary/aromatic N) is 4. The van der Waals surface area contributed by atoms with Crippen molar-refractivity contribution in [2.75, 3.05) is 7.11 Å².